The van der Waals surface area contributed by atoms with Crippen LogP contribution < -0.4 is 10.6 Å². The molecule has 2 aromatic carbocycles. The molecule has 144 valence electrons. The number of hydrogen-bond donors (Lipinski definition) is 2. The van der Waals surface area contributed by atoms with Gasteiger partial charge in [-0.15, -0.1) is 0 Å². The molecule has 0 saturated carbocycles. The Labute approximate surface area is 157 Å². The zero-order chi connectivity index (χ0) is 19.8. The minimum atomic E-state index is -0.517. The second-order valence-corrected chi connectivity index (χ2v) is 6.32. The molecule has 0 aliphatic carbocycles. The van der Waals surface area contributed by atoms with E-state index in [4.69, 9.17) is 0 Å². The number of benzene rings is 2. The van der Waals surface area contributed by atoms with Crippen molar-refractivity contribution in [2.75, 3.05) is 25.5 Å². The molecule has 0 unspecified atom stereocenters. The molecular formula is C20H23F2N3O2. The van der Waals surface area contributed by atoms with E-state index < -0.39 is 11.9 Å². The predicted octanol–water partition coefficient (Wildman–Crippen LogP) is 2.58. The van der Waals surface area contributed by atoms with Crippen LogP contribution in [-0.2, 0) is 16.0 Å². The van der Waals surface area contributed by atoms with Crippen molar-refractivity contribution in [2.24, 2.45) is 0 Å². The fraction of sp³-hybridized carbons (Fsp3) is 0.300. The van der Waals surface area contributed by atoms with E-state index in [-0.39, 0.29) is 24.2 Å². The molecule has 0 aliphatic rings. The summed E-state index contributed by atoms with van der Waals surface area (Å²) < 4.78 is 26.0. The largest absolute Gasteiger partial charge is 0.354 e. The van der Waals surface area contributed by atoms with Crippen LogP contribution in [0.4, 0.5) is 14.5 Å². The number of likely N-dealkylation sites (N-methyl/N-ethyl adjacent to an activating group) is 1. The molecule has 5 nitrogen and oxygen atoms in total. The maximum atomic E-state index is 13.1. The predicted molar refractivity (Wildman–Crippen MR) is 100 cm³/mol. The molecule has 0 aliphatic heterocycles. The van der Waals surface area contributed by atoms with Gasteiger partial charge in [0.1, 0.15) is 11.6 Å². The van der Waals surface area contributed by atoms with Crippen LogP contribution in [0.3, 0.4) is 0 Å². The summed E-state index contributed by atoms with van der Waals surface area (Å²) in [5.74, 6) is -1.28. The lowest BCUT2D eigenvalue weighted by Gasteiger charge is -2.23. The van der Waals surface area contributed by atoms with Crippen molar-refractivity contribution in [1.82, 2.24) is 10.2 Å². The van der Waals surface area contributed by atoms with Gasteiger partial charge in [0.25, 0.3) is 0 Å². The van der Waals surface area contributed by atoms with Crippen molar-refractivity contribution in [3.63, 3.8) is 0 Å². The Balaban J connectivity index is 1.75. The van der Waals surface area contributed by atoms with E-state index in [1.165, 1.54) is 30.3 Å². The Hall–Kier alpha value is -2.80. The maximum Gasteiger partial charge on any atom is 0.238 e. The number of halogens is 2. The van der Waals surface area contributed by atoms with Gasteiger partial charge >= 0.3 is 0 Å². The summed E-state index contributed by atoms with van der Waals surface area (Å²) in [7, 11) is 1.66. The zero-order valence-electron chi connectivity index (χ0n) is 15.3. The van der Waals surface area contributed by atoms with E-state index >= 15 is 0 Å². The van der Waals surface area contributed by atoms with Crippen LogP contribution >= 0.6 is 0 Å². The molecule has 27 heavy (non-hydrogen) atoms. The van der Waals surface area contributed by atoms with Crippen LogP contribution in [0, 0.1) is 11.6 Å². The quantitative estimate of drug-likeness (QED) is 0.746. The third-order valence-electron chi connectivity index (χ3n) is 4.17. The highest BCUT2D eigenvalue weighted by Gasteiger charge is 2.19. The Bertz CT molecular complexity index is 781. The third kappa shape index (κ3) is 6.79. The molecule has 1 atom stereocenters. The lowest BCUT2D eigenvalue weighted by Crippen LogP contribution is -2.46. The third-order valence-corrected chi connectivity index (χ3v) is 4.17. The SMILES string of the molecule is C[C@H](C(=O)NCCc1ccc(F)cc1)N(C)CC(=O)Nc1cccc(F)c1. The van der Waals surface area contributed by atoms with Gasteiger partial charge in [0.2, 0.25) is 11.8 Å². The number of anilines is 1. The molecule has 0 aromatic heterocycles. The topological polar surface area (TPSA) is 61.4 Å². The summed E-state index contributed by atoms with van der Waals surface area (Å²) in [5.41, 5.74) is 1.29. The first-order valence-electron chi connectivity index (χ1n) is 8.63. The van der Waals surface area contributed by atoms with Crippen LogP contribution in [0.1, 0.15) is 12.5 Å². The van der Waals surface area contributed by atoms with Crippen molar-refractivity contribution in [2.45, 2.75) is 19.4 Å². The van der Waals surface area contributed by atoms with Gasteiger partial charge in [-0.05, 0) is 56.3 Å². The smallest absolute Gasteiger partial charge is 0.238 e. The minimum absolute atomic E-state index is 0.0109. The average Bonchev–Trinajstić information content (AvgIpc) is 2.62. The van der Waals surface area contributed by atoms with Gasteiger partial charge in [0.05, 0.1) is 12.6 Å². The summed E-state index contributed by atoms with van der Waals surface area (Å²) in [6, 6.07) is 11.2. The monoisotopic (exact) mass is 375 g/mol. The molecule has 0 fully saturated rings. The van der Waals surface area contributed by atoms with Gasteiger partial charge < -0.3 is 10.6 Å². The molecule has 0 heterocycles. The molecule has 7 heteroatoms. The van der Waals surface area contributed by atoms with Crippen LogP contribution in [0.5, 0.6) is 0 Å². The van der Waals surface area contributed by atoms with Crippen molar-refractivity contribution < 1.29 is 18.4 Å². The molecule has 2 N–H and O–H groups in total. The molecule has 2 aromatic rings. The van der Waals surface area contributed by atoms with E-state index in [0.717, 1.165) is 5.56 Å². The minimum Gasteiger partial charge on any atom is -0.354 e. The van der Waals surface area contributed by atoms with Gasteiger partial charge in [0, 0.05) is 12.2 Å². The summed E-state index contributed by atoms with van der Waals surface area (Å²) in [6.07, 6.45) is 0.586. The lowest BCUT2D eigenvalue weighted by atomic mass is 10.1. The Kier molecular flexibility index (Phi) is 7.43. The van der Waals surface area contributed by atoms with E-state index in [0.29, 0.717) is 18.7 Å². The van der Waals surface area contributed by atoms with Crippen LogP contribution in [-0.4, -0.2) is 42.9 Å². The molecule has 0 bridgehead atoms. The van der Waals surface area contributed by atoms with Gasteiger partial charge in [-0.3, -0.25) is 14.5 Å². The number of rotatable bonds is 8. The van der Waals surface area contributed by atoms with Crippen molar-refractivity contribution in [3.8, 4) is 0 Å². The van der Waals surface area contributed by atoms with Crippen LogP contribution in [0.2, 0.25) is 0 Å². The summed E-state index contributed by atoms with van der Waals surface area (Å²) >= 11 is 0. The molecule has 0 spiro atoms. The second kappa shape index (κ2) is 9.78. The normalized spacial score (nSPS) is 11.9. The number of carbonyl (C=O) groups is 2. The fourth-order valence-electron chi connectivity index (χ4n) is 2.46. The summed E-state index contributed by atoms with van der Waals surface area (Å²) in [5, 5.41) is 5.39. The molecule has 2 rings (SSSR count). The molecular weight excluding hydrogens is 352 g/mol. The maximum absolute atomic E-state index is 13.1. The van der Waals surface area contributed by atoms with Crippen molar-refractivity contribution >= 4 is 17.5 Å². The fourth-order valence-corrected chi connectivity index (χ4v) is 2.46. The zero-order valence-corrected chi connectivity index (χ0v) is 15.3. The van der Waals surface area contributed by atoms with Gasteiger partial charge in [-0.25, -0.2) is 8.78 Å². The standard InChI is InChI=1S/C20H23F2N3O2/c1-14(20(27)23-11-10-15-6-8-16(21)9-7-15)25(2)13-19(26)24-18-5-3-4-17(22)12-18/h3-9,12,14H,10-11,13H2,1-2H3,(H,23,27)(H,24,26)/t14-/m1/s1. The van der Waals surface area contributed by atoms with E-state index in [1.807, 2.05) is 0 Å². The highest BCUT2D eigenvalue weighted by atomic mass is 19.1. The van der Waals surface area contributed by atoms with E-state index in [2.05, 4.69) is 10.6 Å². The highest BCUT2D eigenvalue weighted by Crippen LogP contribution is 2.09. The lowest BCUT2D eigenvalue weighted by molar-refractivity contribution is -0.126. The highest BCUT2D eigenvalue weighted by molar-refractivity contribution is 5.92. The average molecular weight is 375 g/mol. The van der Waals surface area contributed by atoms with Crippen molar-refractivity contribution in [3.05, 3.63) is 65.7 Å². The number of amides is 2. The van der Waals surface area contributed by atoms with Gasteiger partial charge in [0.15, 0.2) is 0 Å². The number of carbonyl (C=O) groups excluding carboxylic acids is 2. The number of nitrogens with zero attached hydrogens (tertiary/aromatic N) is 1. The summed E-state index contributed by atoms with van der Waals surface area (Å²) in [4.78, 5) is 25.9. The van der Waals surface area contributed by atoms with Gasteiger partial charge in [-0.2, -0.15) is 0 Å². The second-order valence-electron chi connectivity index (χ2n) is 6.32. The first-order valence-corrected chi connectivity index (χ1v) is 8.63. The van der Waals surface area contributed by atoms with Crippen LogP contribution in [0.15, 0.2) is 48.5 Å². The Morgan fingerprint density at radius 2 is 1.78 bits per heavy atom. The first kappa shape index (κ1) is 20.5. The molecule has 0 radical (unpaired) electrons. The molecule has 0 saturated heterocycles. The molecule has 2 amide bonds. The van der Waals surface area contributed by atoms with E-state index in [1.54, 1.807) is 37.1 Å². The van der Waals surface area contributed by atoms with Gasteiger partial charge in [-0.1, -0.05) is 18.2 Å². The van der Waals surface area contributed by atoms with Crippen LogP contribution in [0.25, 0.3) is 0 Å². The van der Waals surface area contributed by atoms with E-state index in [9.17, 15) is 18.4 Å². The summed E-state index contributed by atoms with van der Waals surface area (Å²) in [6.45, 7) is 2.10. The van der Waals surface area contributed by atoms with Crippen molar-refractivity contribution in [1.29, 1.82) is 0 Å². The first-order chi connectivity index (χ1) is 12.8. The Morgan fingerprint density at radius 3 is 2.44 bits per heavy atom. The number of nitrogens with one attached hydrogen (secondary N) is 2. The Morgan fingerprint density at radius 1 is 1.07 bits per heavy atom. The number of hydrogen-bond acceptors (Lipinski definition) is 3.